The zero-order valence-corrected chi connectivity index (χ0v) is 10.9. The van der Waals surface area contributed by atoms with E-state index in [-0.39, 0.29) is 5.92 Å². The average molecular weight is 258 g/mol. The smallest absolute Gasteiger partial charge is 0.227 e. The number of anilines is 1. The molecule has 19 heavy (non-hydrogen) atoms. The fourth-order valence-corrected chi connectivity index (χ4v) is 3.36. The van der Waals surface area contributed by atoms with Gasteiger partial charge in [-0.2, -0.15) is 0 Å². The highest BCUT2D eigenvalue weighted by Gasteiger charge is 2.47. The first-order chi connectivity index (χ1) is 9.31. The molecule has 3 heterocycles. The zero-order chi connectivity index (χ0) is 12.8. The lowest BCUT2D eigenvalue weighted by Gasteiger charge is -2.22. The van der Waals surface area contributed by atoms with Crippen LogP contribution < -0.4 is 4.90 Å². The van der Waals surface area contributed by atoms with Crippen LogP contribution in [0, 0.1) is 17.8 Å². The van der Waals surface area contributed by atoms with Crippen molar-refractivity contribution in [1.29, 1.82) is 0 Å². The van der Waals surface area contributed by atoms with E-state index in [0.29, 0.717) is 11.8 Å². The summed E-state index contributed by atoms with van der Waals surface area (Å²) in [4.78, 5) is 25.1. The van der Waals surface area contributed by atoms with Crippen molar-refractivity contribution in [2.75, 3.05) is 31.1 Å². The summed E-state index contributed by atoms with van der Waals surface area (Å²) in [5, 5.41) is 0. The van der Waals surface area contributed by atoms with E-state index in [2.05, 4.69) is 19.8 Å². The van der Waals surface area contributed by atoms with Crippen molar-refractivity contribution in [3.63, 3.8) is 0 Å². The Morgan fingerprint density at radius 1 is 1.21 bits per heavy atom. The van der Waals surface area contributed by atoms with E-state index in [1.165, 1.54) is 12.8 Å². The number of carbonyl (C=O) groups excluding carboxylic acids is 1. The molecule has 4 rings (SSSR count). The van der Waals surface area contributed by atoms with E-state index in [9.17, 15) is 4.79 Å². The SMILES string of the molecule is O=C1[C@@H]2CN(c3cnccn3)C[C@@H]2CN1CC1CC1. The van der Waals surface area contributed by atoms with Crippen molar-refractivity contribution in [2.24, 2.45) is 17.8 Å². The van der Waals surface area contributed by atoms with Gasteiger partial charge in [0.2, 0.25) is 5.91 Å². The number of rotatable bonds is 3. The van der Waals surface area contributed by atoms with Crippen molar-refractivity contribution >= 4 is 11.7 Å². The van der Waals surface area contributed by atoms with E-state index in [1.54, 1.807) is 18.6 Å². The molecule has 0 bridgehead atoms. The molecule has 2 aliphatic heterocycles. The maximum Gasteiger partial charge on any atom is 0.227 e. The van der Waals surface area contributed by atoms with Gasteiger partial charge in [0.25, 0.3) is 0 Å². The number of carbonyl (C=O) groups is 1. The van der Waals surface area contributed by atoms with Crippen LogP contribution in [0.25, 0.3) is 0 Å². The first-order valence-electron chi connectivity index (χ1n) is 7.11. The number of aromatic nitrogens is 2. The van der Waals surface area contributed by atoms with Crippen LogP contribution in [0.4, 0.5) is 5.82 Å². The Hall–Kier alpha value is -1.65. The molecule has 0 N–H and O–H groups in total. The van der Waals surface area contributed by atoms with Crippen LogP contribution in [0.5, 0.6) is 0 Å². The molecular formula is C14H18N4O. The van der Waals surface area contributed by atoms with E-state index in [0.717, 1.165) is 37.9 Å². The molecule has 0 unspecified atom stereocenters. The van der Waals surface area contributed by atoms with Gasteiger partial charge in [0.05, 0.1) is 12.1 Å². The maximum atomic E-state index is 12.4. The number of hydrogen-bond donors (Lipinski definition) is 0. The minimum absolute atomic E-state index is 0.181. The van der Waals surface area contributed by atoms with Gasteiger partial charge in [-0.1, -0.05) is 0 Å². The topological polar surface area (TPSA) is 49.3 Å². The Balaban J connectivity index is 1.45. The standard InChI is InChI=1S/C14H18N4O/c19-14-12-9-17(13-5-15-3-4-16-13)7-11(12)8-18(14)6-10-1-2-10/h3-5,10-12H,1-2,6-9H2/t11-,12-/m1/s1. The molecule has 1 aliphatic carbocycles. The Morgan fingerprint density at radius 2 is 2.11 bits per heavy atom. The van der Waals surface area contributed by atoms with Gasteiger partial charge < -0.3 is 9.80 Å². The molecule has 0 radical (unpaired) electrons. The normalized spacial score (nSPS) is 30.0. The van der Waals surface area contributed by atoms with Crippen LogP contribution >= 0.6 is 0 Å². The van der Waals surface area contributed by atoms with Crippen LogP contribution in [0.2, 0.25) is 0 Å². The molecule has 2 atom stereocenters. The summed E-state index contributed by atoms with van der Waals surface area (Å²) in [6.45, 7) is 3.69. The predicted molar refractivity (Wildman–Crippen MR) is 70.5 cm³/mol. The Bertz CT molecular complexity index is 487. The molecule has 1 saturated carbocycles. The third-order valence-corrected chi connectivity index (χ3v) is 4.57. The van der Waals surface area contributed by atoms with Crippen LogP contribution in [0.15, 0.2) is 18.6 Å². The number of nitrogens with zero attached hydrogens (tertiary/aromatic N) is 4. The first kappa shape index (κ1) is 11.2. The van der Waals surface area contributed by atoms with Crippen molar-refractivity contribution in [2.45, 2.75) is 12.8 Å². The highest BCUT2D eigenvalue weighted by molar-refractivity contribution is 5.83. The molecule has 1 aromatic rings. The fourth-order valence-electron chi connectivity index (χ4n) is 3.36. The van der Waals surface area contributed by atoms with Crippen LogP contribution in [-0.2, 0) is 4.79 Å². The van der Waals surface area contributed by atoms with Gasteiger partial charge in [0, 0.05) is 44.5 Å². The van der Waals surface area contributed by atoms with E-state index in [4.69, 9.17) is 0 Å². The minimum atomic E-state index is 0.181. The van der Waals surface area contributed by atoms with Gasteiger partial charge >= 0.3 is 0 Å². The van der Waals surface area contributed by atoms with Crippen LogP contribution in [0.3, 0.4) is 0 Å². The second kappa shape index (κ2) is 4.18. The summed E-state index contributed by atoms with van der Waals surface area (Å²) >= 11 is 0. The number of likely N-dealkylation sites (tertiary alicyclic amines) is 1. The third-order valence-electron chi connectivity index (χ3n) is 4.57. The molecular weight excluding hydrogens is 240 g/mol. The van der Waals surface area contributed by atoms with Gasteiger partial charge in [-0.15, -0.1) is 0 Å². The number of hydrogen-bond acceptors (Lipinski definition) is 4. The van der Waals surface area contributed by atoms with Crippen molar-refractivity contribution in [1.82, 2.24) is 14.9 Å². The summed E-state index contributed by atoms with van der Waals surface area (Å²) in [6, 6.07) is 0. The van der Waals surface area contributed by atoms with E-state index < -0.39 is 0 Å². The summed E-state index contributed by atoms with van der Waals surface area (Å²) in [5.41, 5.74) is 0. The zero-order valence-electron chi connectivity index (χ0n) is 10.9. The van der Waals surface area contributed by atoms with Gasteiger partial charge in [0.15, 0.2) is 0 Å². The summed E-state index contributed by atoms with van der Waals surface area (Å²) < 4.78 is 0. The molecule has 1 amide bonds. The Labute approximate surface area is 112 Å². The van der Waals surface area contributed by atoms with Crippen LogP contribution in [-0.4, -0.2) is 47.0 Å². The average Bonchev–Trinajstić information content (AvgIpc) is 3.08. The molecule has 3 aliphatic rings. The minimum Gasteiger partial charge on any atom is -0.354 e. The molecule has 5 nitrogen and oxygen atoms in total. The molecule has 0 spiro atoms. The predicted octanol–water partition coefficient (Wildman–Crippen LogP) is 0.781. The van der Waals surface area contributed by atoms with Gasteiger partial charge in [0.1, 0.15) is 5.82 Å². The molecule has 5 heteroatoms. The summed E-state index contributed by atoms with van der Waals surface area (Å²) in [7, 11) is 0. The molecule has 1 aromatic heterocycles. The van der Waals surface area contributed by atoms with E-state index >= 15 is 0 Å². The number of amides is 1. The number of fused-ring (bicyclic) bond motifs is 1. The fraction of sp³-hybridized carbons (Fsp3) is 0.643. The maximum absolute atomic E-state index is 12.4. The lowest BCUT2D eigenvalue weighted by atomic mass is 10.0. The highest BCUT2D eigenvalue weighted by Crippen LogP contribution is 2.37. The third kappa shape index (κ3) is 1.97. The Morgan fingerprint density at radius 3 is 2.79 bits per heavy atom. The van der Waals surface area contributed by atoms with Gasteiger partial charge in [-0.3, -0.25) is 9.78 Å². The quantitative estimate of drug-likeness (QED) is 0.804. The Kier molecular flexibility index (Phi) is 2.47. The molecule has 0 aromatic carbocycles. The van der Waals surface area contributed by atoms with Crippen molar-refractivity contribution in [3.05, 3.63) is 18.6 Å². The summed E-state index contributed by atoms with van der Waals surface area (Å²) in [5.74, 6) is 2.72. The monoisotopic (exact) mass is 258 g/mol. The van der Waals surface area contributed by atoms with Crippen LogP contribution in [0.1, 0.15) is 12.8 Å². The van der Waals surface area contributed by atoms with Crippen molar-refractivity contribution < 1.29 is 4.79 Å². The first-order valence-corrected chi connectivity index (χ1v) is 7.11. The molecule has 3 fully saturated rings. The lowest BCUT2D eigenvalue weighted by Crippen LogP contribution is -2.34. The van der Waals surface area contributed by atoms with Gasteiger partial charge in [-0.25, -0.2) is 4.98 Å². The highest BCUT2D eigenvalue weighted by atomic mass is 16.2. The van der Waals surface area contributed by atoms with Gasteiger partial charge in [-0.05, 0) is 18.8 Å². The largest absolute Gasteiger partial charge is 0.354 e. The van der Waals surface area contributed by atoms with Crippen molar-refractivity contribution in [3.8, 4) is 0 Å². The second-order valence-electron chi connectivity index (χ2n) is 6.02. The molecule has 100 valence electrons. The lowest BCUT2D eigenvalue weighted by molar-refractivity contribution is -0.130. The summed E-state index contributed by atoms with van der Waals surface area (Å²) in [6.07, 6.45) is 7.80. The van der Waals surface area contributed by atoms with E-state index in [1.807, 2.05) is 0 Å². The molecule has 2 saturated heterocycles. The second-order valence-corrected chi connectivity index (χ2v) is 6.02.